The summed E-state index contributed by atoms with van der Waals surface area (Å²) in [6.45, 7) is 2.26. The molecule has 7 heteroatoms. The number of benzene rings is 2. The summed E-state index contributed by atoms with van der Waals surface area (Å²) in [5, 5.41) is 11.6. The van der Waals surface area contributed by atoms with Crippen LogP contribution in [0.1, 0.15) is 89.5 Å². The molecule has 1 N–H and O–H groups in total. The molecule has 0 aromatic heterocycles. The second-order valence-corrected chi connectivity index (χ2v) is 9.92. The molecule has 0 radical (unpaired) electrons. The van der Waals surface area contributed by atoms with Crippen molar-refractivity contribution in [3.8, 4) is 17.2 Å². The molecule has 0 amide bonds. The number of unbranched alkanes of at least 4 members (excludes halogenated alkanes) is 11. The Morgan fingerprint density at radius 3 is 1.79 bits per heavy atom. The van der Waals surface area contributed by atoms with Gasteiger partial charge in [0.25, 0.3) is 10.1 Å². The van der Waals surface area contributed by atoms with E-state index in [0.717, 1.165) is 25.0 Å². The second kappa shape index (κ2) is 17.1. The van der Waals surface area contributed by atoms with E-state index in [1.165, 1.54) is 82.3 Å². The monoisotopic (exact) mass is 500 g/mol. The van der Waals surface area contributed by atoms with Crippen LogP contribution in [0.15, 0.2) is 47.4 Å². The van der Waals surface area contributed by atoms with Crippen LogP contribution in [0.5, 0.6) is 17.2 Å². The van der Waals surface area contributed by atoms with Crippen molar-refractivity contribution in [2.45, 2.75) is 95.3 Å². The summed E-state index contributed by atoms with van der Waals surface area (Å²) < 4.78 is 37.2. The molecule has 2 rings (SSSR count). The Hall–Kier alpha value is -0.414. The van der Waals surface area contributed by atoms with Crippen LogP contribution in [0.2, 0.25) is 0 Å². The summed E-state index contributed by atoms with van der Waals surface area (Å²) in [6.07, 6.45) is 17.0. The smallest absolute Gasteiger partial charge is 0.872 e. The second-order valence-electron chi connectivity index (χ2n) is 8.50. The van der Waals surface area contributed by atoms with Crippen LogP contribution in [0.25, 0.3) is 0 Å². The minimum Gasteiger partial charge on any atom is -0.872 e. The molecular weight excluding hydrogens is 463 g/mol. The van der Waals surface area contributed by atoms with E-state index in [1.807, 2.05) is 12.1 Å². The van der Waals surface area contributed by atoms with Crippen molar-refractivity contribution in [1.29, 1.82) is 0 Å². The number of rotatable bonds is 16. The number of hydrogen-bond acceptors (Lipinski definition) is 4. The average molecular weight is 501 g/mol. The normalized spacial score (nSPS) is 11.2. The van der Waals surface area contributed by atoms with E-state index < -0.39 is 20.8 Å². The molecule has 0 bridgehead atoms. The zero-order valence-electron chi connectivity index (χ0n) is 20.2. The number of ether oxygens (including phenoxy) is 1. The largest absolute Gasteiger partial charge is 1.00 e. The summed E-state index contributed by atoms with van der Waals surface area (Å²) in [4.78, 5) is -0.469. The van der Waals surface area contributed by atoms with Crippen LogP contribution < -0.4 is 61.2 Å². The molecule has 0 atom stereocenters. The Morgan fingerprint density at radius 1 is 0.758 bits per heavy atom. The molecule has 0 fully saturated rings. The van der Waals surface area contributed by atoms with Crippen molar-refractivity contribution in [3.05, 3.63) is 48.0 Å². The summed E-state index contributed by atoms with van der Waals surface area (Å²) >= 11 is 0. The van der Waals surface area contributed by atoms with Crippen molar-refractivity contribution >= 4 is 10.1 Å². The van der Waals surface area contributed by atoms with Gasteiger partial charge < -0.3 is 9.84 Å². The van der Waals surface area contributed by atoms with Gasteiger partial charge in [-0.25, -0.2) is 0 Å². The minimum absolute atomic E-state index is 0. The Bertz CT molecular complexity index is 897. The summed E-state index contributed by atoms with van der Waals surface area (Å²) in [5.41, 5.74) is 1.22. The van der Waals surface area contributed by atoms with E-state index in [4.69, 9.17) is 9.29 Å². The van der Waals surface area contributed by atoms with E-state index >= 15 is 0 Å². The summed E-state index contributed by atoms with van der Waals surface area (Å²) in [7, 11) is -4.45. The molecule has 178 valence electrons. The zero-order chi connectivity index (χ0) is 23.2. The fourth-order valence-corrected chi connectivity index (χ4v) is 4.31. The fraction of sp³-hybridized carbons (Fsp3) is 0.538. The molecule has 0 heterocycles. The van der Waals surface area contributed by atoms with Gasteiger partial charge in [-0.2, -0.15) is 8.42 Å². The van der Waals surface area contributed by atoms with Gasteiger partial charge in [0.2, 0.25) is 0 Å². The minimum atomic E-state index is -4.45. The van der Waals surface area contributed by atoms with Gasteiger partial charge >= 0.3 is 51.4 Å². The predicted molar refractivity (Wildman–Crippen MR) is 127 cm³/mol. The molecule has 2 aromatic rings. The van der Waals surface area contributed by atoms with E-state index in [9.17, 15) is 13.5 Å². The van der Waals surface area contributed by atoms with Gasteiger partial charge in [-0.3, -0.25) is 4.55 Å². The first-order chi connectivity index (χ1) is 15.4. The van der Waals surface area contributed by atoms with Crippen molar-refractivity contribution < 1.29 is 74.2 Å². The zero-order valence-corrected chi connectivity index (χ0v) is 24.2. The standard InChI is InChI=1S/C26H38O5S.K/c1-2-3-4-5-6-7-8-9-10-11-12-13-14-22-15-17-24(18-16-22)31-25-19-23(27)20-26(21-25)32(28,29)30;/h15-21,27H,2-14H2,1H3,(H,28,29,30);/q;+1/p-1. The van der Waals surface area contributed by atoms with E-state index in [2.05, 4.69) is 6.92 Å². The third-order valence-corrected chi connectivity index (χ3v) is 6.46. The van der Waals surface area contributed by atoms with Gasteiger partial charge in [-0.1, -0.05) is 89.7 Å². The van der Waals surface area contributed by atoms with Gasteiger partial charge in [0.1, 0.15) is 11.5 Å². The maximum Gasteiger partial charge on any atom is 1.00 e. The molecule has 0 spiro atoms. The molecule has 0 aliphatic carbocycles. The molecule has 33 heavy (non-hydrogen) atoms. The Labute approximate surface area is 242 Å². The van der Waals surface area contributed by atoms with Gasteiger partial charge in [0.05, 0.1) is 4.90 Å². The van der Waals surface area contributed by atoms with E-state index in [1.54, 1.807) is 12.1 Å². The van der Waals surface area contributed by atoms with Gasteiger partial charge in [0.15, 0.2) is 0 Å². The molecule has 5 nitrogen and oxygen atoms in total. The molecule has 2 aromatic carbocycles. The van der Waals surface area contributed by atoms with Crippen LogP contribution in [0, 0.1) is 0 Å². The van der Waals surface area contributed by atoms with Crippen molar-refractivity contribution in [2.24, 2.45) is 0 Å². The first-order valence-corrected chi connectivity index (χ1v) is 13.4. The average Bonchev–Trinajstić information content (AvgIpc) is 2.74. The number of hydrogen-bond donors (Lipinski definition) is 1. The summed E-state index contributed by atoms with van der Waals surface area (Å²) in [5.74, 6) is 0.0490. The topological polar surface area (TPSA) is 86.7 Å². The SMILES string of the molecule is CCCCCCCCCCCCCCc1ccc(Oc2cc([O-])cc(S(=O)(=O)O)c2)cc1.[K+]. The third-order valence-electron chi connectivity index (χ3n) is 5.63. The van der Waals surface area contributed by atoms with Gasteiger partial charge in [-0.15, -0.1) is 5.75 Å². The Morgan fingerprint density at radius 2 is 1.27 bits per heavy atom. The number of aryl methyl sites for hydroxylation is 1. The first kappa shape index (κ1) is 30.6. The summed E-state index contributed by atoms with van der Waals surface area (Å²) in [6, 6.07) is 10.8. The van der Waals surface area contributed by atoms with E-state index in [-0.39, 0.29) is 57.1 Å². The molecular formula is C26H37KO5S. The van der Waals surface area contributed by atoms with Crippen molar-refractivity contribution in [3.63, 3.8) is 0 Å². The van der Waals surface area contributed by atoms with Crippen LogP contribution >= 0.6 is 0 Å². The Kier molecular flexibility index (Phi) is 15.9. The molecule has 0 unspecified atom stereocenters. The van der Waals surface area contributed by atoms with Crippen LogP contribution in [-0.2, 0) is 16.5 Å². The van der Waals surface area contributed by atoms with Crippen molar-refractivity contribution in [1.82, 2.24) is 0 Å². The third kappa shape index (κ3) is 13.3. The molecule has 0 saturated carbocycles. The maximum absolute atomic E-state index is 11.6. The fourth-order valence-electron chi connectivity index (χ4n) is 3.78. The predicted octanol–water partition coefficient (Wildman–Crippen LogP) is 4.05. The quantitative estimate of drug-likeness (QED) is 0.213. The molecule has 0 aliphatic rings. The molecule has 0 aliphatic heterocycles. The maximum atomic E-state index is 11.6. The van der Waals surface area contributed by atoms with Crippen molar-refractivity contribution in [2.75, 3.05) is 0 Å². The van der Waals surface area contributed by atoms with Gasteiger partial charge in [-0.05, 0) is 42.7 Å². The van der Waals surface area contributed by atoms with Gasteiger partial charge in [0, 0.05) is 6.07 Å². The first-order valence-electron chi connectivity index (χ1n) is 11.9. The van der Waals surface area contributed by atoms with Crippen LogP contribution in [0.4, 0.5) is 0 Å². The van der Waals surface area contributed by atoms with E-state index in [0.29, 0.717) is 5.75 Å². The Balaban J connectivity index is 0.00000544. The van der Waals surface area contributed by atoms with Crippen LogP contribution in [-0.4, -0.2) is 13.0 Å². The van der Waals surface area contributed by atoms with Crippen LogP contribution in [0.3, 0.4) is 0 Å². The molecule has 0 saturated heterocycles.